The number of aliphatic carboxylic acids is 1. The fourth-order valence-electron chi connectivity index (χ4n) is 7.75. The molecule has 0 radical (unpaired) electrons. The Morgan fingerprint density at radius 3 is 1.39 bits per heavy atom. The van der Waals surface area contributed by atoms with Crippen molar-refractivity contribution in [1.82, 2.24) is 35.7 Å². The molecule has 0 unspecified atom stereocenters. The summed E-state index contributed by atoms with van der Waals surface area (Å²) < 4.78 is 74.9. The molecule has 0 saturated heterocycles. The third-order valence-electron chi connectivity index (χ3n) is 12.4. The zero-order valence-electron chi connectivity index (χ0n) is 50.4. The fourth-order valence-corrected chi connectivity index (χ4v) is 8.19. The second-order valence-corrected chi connectivity index (χ2v) is 22.4. The van der Waals surface area contributed by atoms with Crippen LogP contribution in [-0.4, -0.2) is 143 Å². The highest BCUT2D eigenvalue weighted by atomic mass is 35.5. The van der Waals surface area contributed by atoms with E-state index in [9.17, 15) is 55.9 Å². The molecule has 0 aliphatic heterocycles. The number of aryl methyl sites for hydroxylation is 2. The average molecular weight is 1290 g/mol. The summed E-state index contributed by atoms with van der Waals surface area (Å²) in [5.41, 5.74) is -0.335. The van der Waals surface area contributed by atoms with Crippen LogP contribution in [0.1, 0.15) is 78.9 Å². The number of nitrogens with zero attached hydrogens (tertiary/aromatic N) is 4. The van der Waals surface area contributed by atoms with E-state index in [2.05, 4.69) is 36.6 Å². The second kappa shape index (κ2) is 34.5. The zero-order chi connectivity index (χ0) is 66.2. The first-order valence-corrected chi connectivity index (χ1v) is 28.3. The Morgan fingerprint density at radius 2 is 0.978 bits per heavy atom. The van der Waals surface area contributed by atoms with Gasteiger partial charge in [-0.25, -0.2) is 46.7 Å². The number of halogens is 6. The van der Waals surface area contributed by atoms with E-state index < -0.39 is 89.9 Å². The largest absolute Gasteiger partial charge is 0.480 e. The van der Waals surface area contributed by atoms with Gasteiger partial charge in [-0.1, -0.05) is 54.4 Å². The van der Waals surface area contributed by atoms with Gasteiger partial charge in [-0.2, -0.15) is 0 Å². The Balaban J connectivity index is 0.000000329. The number of benzene rings is 4. The predicted molar refractivity (Wildman–Crippen MR) is 325 cm³/mol. The number of likely N-dealkylation sites (N-methyl/N-ethyl adjacent to an activating group) is 2. The van der Waals surface area contributed by atoms with Gasteiger partial charge < -0.3 is 49.8 Å². The molecule has 0 aliphatic rings. The fraction of sp³-hybridized carbons (Fsp3) is 0.377. The molecule has 6 aromatic rings. The third-order valence-corrected chi connectivity index (χ3v) is 13.2. The van der Waals surface area contributed by atoms with E-state index in [4.69, 9.17) is 47.3 Å². The van der Waals surface area contributed by atoms with Crippen LogP contribution in [0.15, 0.2) is 97.3 Å². The molecule has 2 heterocycles. The van der Waals surface area contributed by atoms with Gasteiger partial charge in [0.15, 0.2) is 0 Å². The van der Waals surface area contributed by atoms with Gasteiger partial charge in [0.1, 0.15) is 65.9 Å². The summed E-state index contributed by atoms with van der Waals surface area (Å²) in [6.45, 7) is 10.7. The molecule has 2 atom stereocenters. The van der Waals surface area contributed by atoms with E-state index in [-0.39, 0.29) is 78.5 Å². The average Bonchev–Trinajstić information content (AvgIpc) is 2.92. The number of amides is 7. The molecule has 28 heteroatoms. The van der Waals surface area contributed by atoms with Crippen molar-refractivity contribution in [2.75, 3.05) is 57.6 Å². The summed E-state index contributed by atoms with van der Waals surface area (Å²) in [7, 11) is 3.09. The zero-order valence-corrected chi connectivity index (χ0v) is 51.9. The maximum atomic E-state index is 13.8. The number of hydrogen-bond donors (Lipinski definition) is 6. The van der Waals surface area contributed by atoms with Crippen LogP contribution in [-0.2, 0) is 51.0 Å². The van der Waals surface area contributed by atoms with Crippen LogP contribution in [0.2, 0.25) is 10.0 Å². The van der Waals surface area contributed by atoms with Crippen molar-refractivity contribution < 1.29 is 80.0 Å². The lowest BCUT2D eigenvalue weighted by Crippen LogP contribution is -2.49. The minimum Gasteiger partial charge on any atom is -0.480 e. The number of anilines is 2. The Morgan fingerprint density at radius 1 is 0.562 bits per heavy atom. The van der Waals surface area contributed by atoms with Crippen molar-refractivity contribution in [3.05, 3.63) is 142 Å². The van der Waals surface area contributed by atoms with Crippen LogP contribution in [0.5, 0.6) is 0 Å². The number of ether oxygens (including phenoxy) is 4. The van der Waals surface area contributed by atoms with Crippen molar-refractivity contribution in [1.29, 1.82) is 0 Å². The monoisotopic (exact) mass is 1280 g/mol. The molecule has 0 saturated carbocycles. The van der Waals surface area contributed by atoms with Gasteiger partial charge in [-0.3, -0.25) is 29.8 Å². The van der Waals surface area contributed by atoms with E-state index in [1.807, 2.05) is 6.92 Å². The number of rotatable bonds is 21. The van der Waals surface area contributed by atoms with E-state index in [1.165, 1.54) is 77.8 Å². The molecule has 6 rings (SSSR count). The summed E-state index contributed by atoms with van der Waals surface area (Å²) in [6, 6.07) is 19.1. The Kier molecular flexibility index (Phi) is 28.1. The number of carboxylic acid groups (broad SMARTS) is 1. The lowest BCUT2D eigenvalue weighted by Gasteiger charge is -2.28. The van der Waals surface area contributed by atoms with Gasteiger partial charge in [0.25, 0.3) is 0 Å². The number of nitrogens with one attached hydrogen (secondary N) is 5. The smallest absolute Gasteiger partial charge is 0.412 e. The maximum Gasteiger partial charge on any atom is 0.412 e. The highest BCUT2D eigenvalue weighted by Crippen LogP contribution is 2.24. The number of hydrogen-bond acceptors (Lipinski definition) is 14. The third kappa shape index (κ3) is 26.1. The normalized spacial score (nSPS) is 11.6. The van der Waals surface area contributed by atoms with Crippen LogP contribution < -0.4 is 26.6 Å². The van der Waals surface area contributed by atoms with Gasteiger partial charge in [-0.05, 0) is 143 Å². The van der Waals surface area contributed by atoms with Crippen molar-refractivity contribution in [2.45, 2.75) is 104 Å². The first-order chi connectivity index (χ1) is 41.8. The number of aromatic nitrogens is 2. The number of carbonyl (C=O) groups excluding carboxylic acids is 7. The summed E-state index contributed by atoms with van der Waals surface area (Å²) in [5, 5.41) is 22.6. The first kappa shape index (κ1) is 72.4. The highest BCUT2D eigenvalue weighted by molar-refractivity contribution is 6.31. The predicted octanol–water partition coefficient (Wildman–Crippen LogP) is 11.0. The lowest BCUT2D eigenvalue weighted by molar-refractivity contribution is -0.136. The van der Waals surface area contributed by atoms with Crippen LogP contribution in [0.4, 0.5) is 48.4 Å². The minimum absolute atomic E-state index is 0.0186. The summed E-state index contributed by atoms with van der Waals surface area (Å²) in [5.74, 6) is -3.86. The van der Waals surface area contributed by atoms with Gasteiger partial charge >= 0.3 is 30.3 Å². The number of alkyl carbamates (subject to hydrolysis) is 2. The molecular formula is C61H71Cl2F4N9O13. The van der Waals surface area contributed by atoms with E-state index in [0.29, 0.717) is 40.1 Å². The standard InChI is InChI=1S/C30H34ClF2N5O6.C24H24ClF2N3O3.C7H13NO4/c1-30(2,3)44-28(41)36-16-25(39)35-15-22(38(4)26(40)11-9-18-6-5-7-23(33)27(18)31)17-43-29(42)37-24-13-20-12-21(32)10-8-19(20)14-34-24;1-3-19(30(2)22(31)10-8-15-5-4-6-20(27)23(15)25)14-33-24(32)29-21-12-17-11-18(26)9-7-16(17)13-28-21;1-7(2,3)12-6(11)8-4-5(9)10/h5-8,10,12-14,22H,9,11,15-17H2,1-4H3,(H,35,39)(H,36,41)(H,34,37,42);4-7,9,11-13,19H,3,8,10,14H2,1-2H3,(H,28,29,32);4H2,1-3H3,(H,8,11)(H,9,10)/t22-;19-;/m00./s1. The van der Waals surface area contributed by atoms with Gasteiger partial charge in [0.05, 0.1) is 28.7 Å². The molecule has 0 aliphatic carbocycles. The molecule has 0 spiro atoms. The summed E-state index contributed by atoms with van der Waals surface area (Å²) >= 11 is 12.0. The molecule has 4 aromatic carbocycles. The summed E-state index contributed by atoms with van der Waals surface area (Å²) in [4.78, 5) is 106. The van der Waals surface area contributed by atoms with Crippen LogP contribution in [0.3, 0.4) is 0 Å². The topological polar surface area (TPSA) is 286 Å². The molecule has 0 bridgehead atoms. The number of carbonyl (C=O) groups is 8. The molecule has 22 nitrogen and oxygen atoms in total. The first-order valence-electron chi connectivity index (χ1n) is 27.6. The van der Waals surface area contributed by atoms with E-state index >= 15 is 0 Å². The van der Waals surface area contributed by atoms with Crippen molar-refractivity contribution >= 4 is 104 Å². The van der Waals surface area contributed by atoms with Crippen LogP contribution >= 0.6 is 23.2 Å². The van der Waals surface area contributed by atoms with Crippen molar-refractivity contribution in [3.8, 4) is 0 Å². The molecule has 480 valence electrons. The lowest BCUT2D eigenvalue weighted by atomic mass is 10.1. The van der Waals surface area contributed by atoms with Gasteiger partial charge in [0, 0.05) is 56.6 Å². The van der Waals surface area contributed by atoms with Crippen molar-refractivity contribution in [3.63, 3.8) is 0 Å². The maximum absolute atomic E-state index is 13.8. The highest BCUT2D eigenvalue weighted by Gasteiger charge is 2.25. The van der Waals surface area contributed by atoms with Gasteiger partial charge in [0.2, 0.25) is 17.7 Å². The second-order valence-electron chi connectivity index (χ2n) is 21.6. The molecule has 6 N–H and O–H groups in total. The Hall–Kier alpha value is -9.04. The molecule has 89 heavy (non-hydrogen) atoms. The van der Waals surface area contributed by atoms with Crippen LogP contribution in [0.25, 0.3) is 21.5 Å². The van der Waals surface area contributed by atoms with E-state index in [0.717, 1.165) is 5.39 Å². The molecule has 2 aromatic heterocycles. The Labute approximate surface area is 521 Å². The Bertz CT molecular complexity index is 3470. The molecular weight excluding hydrogens is 1210 g/mol. The quantitative estimate of drug-likeness (QED) is 0.0289. The number of fused-ring (bicyclic) bond motifs is 2. The number of carboxylic acids is 1. The minimum atomic E-state index is -1.10. The SMILES string of the molecule is CC(C)(C)OC(=O)NCC(=O)O.CC[C@@H](COC(=O)Nc1cc2cc(F)ccc2cn1)N(C)C(=O)CCc1cccc(F)c1Cl.CN(C(=O)CCc1cccc(F)c1Cl)[C@@H](CNC(=O)CNC(=O)OC(C)(C)C)COC(=O)Nc1cc2cc(F)ccc2cn1. The number of pyridine rings is 2. The molecule has 0 fully saturated rings. The summed E-state index contributed by atoms with van der Waals surface area (Å²) in [6.07, 6.45) is 0.953. The van der Waals surface area contributed by atoms with Crippen LogP contribution in [0, 0.1) is 23.3 Å². The molecule has 7 amide bonds. The van der Waals surface area contributed by atoms with Crippen molar-refractivity contribution in [2.24, 2.45) is 0 Å². The van der Waals surface area contributed by atoms with Gasteiger partial charge in [-0.15, -0.1) is 0 Å². The van der Waals surface area contributed by atoms with E-state index in [1.54, 1.807) is 85.0 Å².